The molecule has 0 spiro atoms. The molecule has 0 amide bonds. The molecule has 0 aliphatic carbocycles. The van der Waals surface area contributed by atoms with Gasteiger partial charge in [0.1, 0.15) is 0 Å². The average molecular weight is 361 g/mol. The Labute approximate surface area is 138 Å². The minimum Gasteiger partial charge on any atom is -0.374 e. The van der Waals surface area contributed by atoms with Gasteiger partial charge in [0.05, 0.1) is 4.92 Å². The largest absolute Gasteiger partial charge is 0.457 e. The van der Waals surface area contributed by atoms with E-state index in [0.29, 0.717) is 6.07 Å². The fourth-order valence-electron chi connectivity index (χ4n) is 2.53. The number of hydrogen-bond acceptors (Lipinski definition) is 3. The Morgan fingerprint density at radius 2 is 1.60 bits per heavy atom. The van der Waals surface area contributed by atoms with Crippen molar-refractivity contribution in [2.24, 2.45) is 0 Å². The second-order valence-electron chi connectivity index (χ2n) is 5.40. The molecule has 1 N–H and O–H groups in total. The molecule has 0 radical (unpaired) electrons. The third-order valence-corrected chi connectivity index (χ3v) is 3.82. The summed E-state index contributed by atoms with van der Waals surface area (Å²) in [6.45, 7) is 1.25. The Morgan fingerprint density at radius 3 is 2.12 bits per heavy atom. The lowest BCUT2D eigenvalue weighted by molar-refractivity contribution is -0.385. The van der Waals surface area contributed by atoms with Crippen LogP contribution in [-0.2, 0) is 5.60 Å². The van der Waals surface area contributed by atoms with Crippen molar-refractivity contribution in [3.8, 4) is 0 Å². The first kappa shape index (κ1) is 18.8. The Bertz CT molecular complexity index is 806. The number of aryl methyl sites for hydroxylation is 1. The third kappa shape index (κ3) is 2.95. The SMILES string of the molecule is Cc1ccccc1C(O)(c1cccc([N+](=O)[O-])c1)C(F)(F)C(F)(F)F. The van der Waals surface area contributed by atoms with Gasteiger partial charge in [-0.05, 0) is 18.1 Å². The van der Waals surface area contributed by atoms with Crippen LogP contribution in [0.15, 0.2) is 48.5 Å². The van der Waals surface area contributed by atoms with E-state index in [4.69, 9.17) is 0 Å². The number of nitrogens with zero attached hydrogens (tertiary/aromatic N) is 1. The van der Waals surface area contributed by atoms with Crippen molar-refractivity contribution in [1.82, 2.24) is 0 Å². The second-order valence-corrected chi connectivity index (χ2v) is 5.40. The number of benzene rings is 2. The molecule has 0 aromatic heterocycles. The molecule has 0 aliphatic rings. The van der Waals surface area contributed by atoms with Crippen LogP contribution >= 0.6 is 0 Å². The van der Waals surface area contributed by atoms with E-state index in [-0.39, 0.29) is 5.56 Å². The Balaban J connectivity index is 2.85. The maximum Gasteiger partial charge on any atom is 0.457 e. The van der Waals surface area contributed by atoms with Crippen LogP contribution in [0.3, 0.4) is 0 Å². The van der Waals surface area contributed by atoms with E-state index in [0.717, 1.165) is 24.3 Å². The highest BCUT2D eigenvalue weighted by molar-refractivity contribution is 5.47. The van der Waals surface area contributed by atoms with Gasteiger partial charge in [0.2, 0.25) is 0 Å². The minimum atomic E-state index is -6.09. The quantitative estimate of drug-likeness (QED) is 0.501. The van der Waals surface area contributed by atoms with E-state index >= 15 is 0 Å². The number of halogens is 5. The highest BCUT2D eigenvalue weighted by atomic mass is 19.4. The maximum atomic E-state index is 14.3. The van der Waals surface area contributed by atoms with Crippen molar-refractivity contribution in [2.45, 2.75) is 24.6 Å². The van der Waals surface area contributed by atoms with Crippen molar-refractivity contribution < 1.29 is 32.0 Å². The first-order valence-electron chi connectivity index (χ1n) is 6.91. The van der Waals surface area contributed by atoms with E-state index in [9.17, 15) is 37.2 Å². The highest BCUT2D eigenvalue weighted by Crippen LogP contribution is 2.52. The van der Waals surface area contributed by atoms with Crippen LogP contribution in [0.1, 0.15) is 16.7 Å². The molecule has 4 nitrogen and oxygen atoms in total. The van der Waals surface area contributed by atoms with Gasteiger partial charge in [-0.25, -0.2) is 0 Å². The van der Waals surface area contributed by atoms with Gasteiger partial charge in [0, 0.05) is 17.7 Å². The van der Waals surface area contributed by atoms with Crippen molar-refractivity contribution in [3.63, 3.8) is 0 Å². The van der Waals surface area contributed by atoms with Crippen LogP contribution in [0.5, 0.6) is 0 Å². The van der Waals surface area contributed by atoms with Gasteiger partial charge in [0.15, 0.2) is 5.60 Å². The first-order chi connectivity index (χ1) is 11.4. The lowest BCUT2D eigenvalue weighted by Crippen LogP contribution is -2.55. The molecule has 0 saturated heterocycles. The molecule has 134 valence electrons. The van der Waals surface area contributed by atoms with Crippen LogP contribution in [0, 0.1) is 17.0 Å². The third-order valence-electron chi connectivity index (χ3n) is 3.82. The number of non-ortho nitro benzene ring substituents is 1. The standard InChI is InChI=1S/C16H12F5NO3/c1-10-5-2-3-8-13(10)14(23,15(17,18)16(19,20)21)11-6-4-7-12(9-11)22(24)25/h2-9,23H,1H3. The summed E-state index contributed by atoms with van der Waals surface area (Å²) >= 11 is 0. The summed E-state index contributed by atoms with van der Waals surface area (Å²) in [7, 11) is 0. The summed E-state index contributed by atoms with van der Waals surface area (Å²) in [4.78, 5) is 9.89. The monoisotopic (exact) mass is 361 g/mol. The lowest BCUT2D eigenvalue weighted by atomic mass is 9.78. The zero-order valence-corrected chi connectivity index (χ0v) is 12.7. The van der Waals surface area contributed by atoms with Gasteiger partial charge in [-0.1, -0.05) is 36.4 Å². The molecule has 1 atom stereocenters. The molecule has 0 fully saturated rings. The molecule has 0 bridgehead atoms. The molecule has 0 aliphatic heterocycles. The summed E-state index contributed by atoms with van der Waals surface area (Å²) in [6, 6.07) is 7.93. The highest BCUT2D eigenvalue weighted by Gasteiger charge is 2.71. The van der Waals surface area contributed by atoms with Crippen molar-refractivity contribution in [1.29, 1.82) is 0 Å². The number of nitro groups is 1. The normalized spacial score (nSPS) is 14.8. The molecule has 0 heterocycles. The fourth-order valence-corrected chi connectivity index (χ4v) is 2.53. The van der Waals surface area contributed by atoms with E-state index in [2.05, 4.69) is 0 Å². The van der Waals surface area contributed by atoms with Gasteiger partial charge < -0.3 is 5.11 Å². The van der Waals surface area contributed by atoms with E-state index < -0.39 is 39.4 Å². The molecule has 9 heteroatoms. The van der Waals surface area contributed by atoms with Crippen LogP contribution in [0.25, 0.3) is 0 Å². The number of hydrogen-bond donors (Lipinski definition) is 1. The first-order valence-corrected chi connectivity index (χ1v) is 6.91. The summed E-state index contributed by atoms with van der Waals surface area (Å²) < 4.78 is 67.8. The van der Waals surface area contributed by atoms with Crippen LogP contribution < -0.4 is 0 Å². The van der Waals surface area contributed by atoms with Crippen LogP contribution in [-0.4, -0.2) is 22.1 Å². The molecule has 2 rings (SSSR count). The van der Waals surface area contributed by atoms with E-state index in [1.165, 1.54) is 25.1 Å². The summed E-state index contributed by atoms with van der Waals surface area (Å²) in [5, 5.41) is 21.5. The molecule has 0 saturated carbocycles. The molecule has 25 heavy (non-hydrogen) atoms. The smallest absolute Gasteiger partial charge is 0.374 e. The lowest BCUT2D eigenvalue weighted by Gasteiger charge is -2.38. The Hall–Kier alpha value is -2.55. The Morgan fingerprint density at radius 1 is 1.00 bits per heavy atom. The summed E-state index contributed by atoms with van der Waals surface area (Å²) in [5.41, 5.74) is -6.21. The minimum absolute atomic E-state index is 0.0274. The summed E-state index contributed by atoms with van der Waals surface area (Å²) in [6.07, 6.45) is -6.09. The van der Waals surface area contributed by atoms with Gasteiger partial charge in [0.25, 0.3) is 5.69 Å². The van der Waals surface area contributed by atoms with Crippen molar-refractivity contribution in [3.05, 3.63) is 75.3 Å². The van der Waals surface area contributed by atoms with Crippen LogP contribution in [0.2, 0.25) is 0 Å². The van der Waals surface area contributed by atoms with Crippen LogP contribution in [0.4, 0.5) is 27.6 Å². The number of aliphatic hydroxyl groups is 1. The zero-order chi connectivity index (χ0) is 19.0. The molecular formula is C16H12F5NO3. The fraction of sp³-hybridized carbons (Fsp3) is 0.250. The molecule has 2 aromatic carbocycles. The van der Waals surface area contributed by atoms with E-state index in [1.54, 1.807) is 0 Å². The summed E-state index contributed by atoms with van der Waals surface area (Å²) in [5.74, 6) is -5.60. The van der Waals surface area contributed by atoms with E-state index in [1.807, 2.05) is 0 Å². The number of rotatable bonds is 4. The van der Waals surface area contributed by atoms with Crippen molar-refractivity contribution in [2.75, 3.05) is 0 Å². The predicted octanol–water partition coefficient (Wildman–Crippen LogP) is 4.34. The number of nitro benzene ring substituents is 1. The van der Waals surface area contributed by atoms with Gasteiger partial charge in [-0.2, -0.15) is 22.0 Å². The van der Waals surface area contributed by atoms with Gasteiger partial charge in [-0.3, -0.25) is 10.1 Å². The van der Waals surface area contributed by atoms with Gasteiger partial charge in [-0.15, -0.1) is 0 Å². The second kappa shape index (κ2) is 6.07. The predicted molar refractivity (Wildman–Crippen MR) is 78.3 cm³/mol. The molecular weight excluding hydrogens is 349 g/mol. The topological polar surface area (TPSA) is 63.4 Å². The zero-order valence-electron chi connectivity index (χ0n) is 12.7. The molecule has 2 aromatic rings. The average Bonchev–Trinajstić information content (AvgIpc) is 2.53. The Kier molecular flexibility index (Phi) is 4.56. The maximum absolute atomic E-state index is 14.3. The van der Waals surface area contributed by atoms with Gasteiger partial charge >= 0.3 is 12.1 Å². The number of alkyl halides is 5. The van der Waals surface area contributed by atoms with Crippen molar-refractivity contribution >= 4 is 5.69 Å². The molecule has 1 unspecified atom stereocenters.